The first-order chi connectivity index (χ1) is 26.8. The highest BCUT2D eigenvalue weighted by Gasteiger charge is 2.21. The number of hydrogen-bond donors (Lipinski definition) is 0. The molecule has 250 valence electrons. The van der Waals surface area contributed by atoms with Crippen molar-refractivity contribution >= 4 is 106 Å². The van der Waals surface area contributed by atoms with Crippen molar-refractivity contribution in [3.8, 4) is 33.4 Å². The lowest BCUT2D eigenvalue weighted by atomic mass is 9.85. The first-order valence-electron chi connectivity index (χ1n) is 18.5. The summed E-state index contributed by atoms with van der Waals surface area (Å²) >= 11 is 3.84. The van der Waals surface area contributed by atoms with Gasteiger partial charge in [-0.15, -0.1) is 22.7 Å². The Morgan fingerprint density at radius 3 is 1.43 bits per heavy atom. The van der Waals surface area contributed by atoms with Crippen molar-refractivity contribution in [3.05, 3.63) is 182 Å². The van der Waals surface area contributed by atoms with Crippen LogP contribution in [0.1, 0.15) is 0 Å². The fourth-order valence-electron chi connectivity index (χ4n) is 8.97. The minimum absolute atomic E-state index is 1.23. The third kappa shape index (κ3) is 4.42. The third-order valence-electron chi connectivity index (χ3n) is 11.4. The second kappa shape index (κ2) is 11.6. The van der Waals surface area contributed by atoms with Crippen LogP contribution in [0.2, 0.25) is 0 Å². The highest BCUT2D eigenvalue weighted by Crippen LogP contribution is 2.50. The van der Waals surface area contributed by atoms with Gasteiger partial charge < -0.3 is 0 Å². The lowest BCUT2D eigenvalue weighted by Crippen LogP contribution is -1.91. The fourth-order valence-corrected chi connectivity index (χ4v) is 11.4. The summed E-state index contributed by atoms with van der Waals surface area (Å²) in [5.41, 5.74) is 7.67. The van der Waals surface area contributed by atoms with E-state index in [1.165, 1.54) is 117 Å². The van der Waals surface area contributed by atoms with E-state index in [9.17, 15) is 0 Å². The van der Waals surface area contributed by atoms with Gasteiger partial charge in [-0.05, 0) is 101 Å². The molecule has 0 amide bonds. The molecule has 2 heterocycles. The molecule has 54 heavy (non-hydrogen) atoms. The van der Waals surface area contributed by atoms with Crippen molar-refractivity contribution in [2.75, 3.05) is 0 Å². The summed E-state index contributed by atoms with van der Waals surface area (Å²) in [5, 5.41) is 15.6. The van der Waals surface area contributed by atoms with Crippen LogP contribution in [-0.2, 0) is 0 Å². The molecule has 0 N–H and O–H groups in total. The van der Waals surface area contributed by atoms with E-state index in [0.29, 0.717) is 0 Å². The molecular formula is C52H30S2. The number of thiophene rings is 2. The van der Waals surface area contributed by atoms with Crippen LogP contribution in [0.3, 0.4) is 0 Å². The van der Waals surface area contributed by atoms with Crippen molar-refractivity contribution in [1.82, 2.24) is 0 Å². The Morgan fingerprint density at radius 2 is 0.759 bits per heavy atom. The van der Waals surface area contributed by atoms with Crippen LogP contribution in [0.5, 0.6) is 0 Å². The van der Waals surface area contributed by atoms with Crippen LogP contribution in [0, 0.1) is 0 Å². The van der Waals surface area contributed by atoms with Gasteiger partial charge >= 0.3 is 0 Å². The average Bonchev–Trinajstić information content (AvgIpc) is 3.78. The van der Waals surface area contributed by atoms with E-state index in [0.717, 1.165) is 0 Å². The van der Waals surface area contributed by atoms with Crippen LogP contribution in [0.4, 0.5) is 0 Å². The van der Waals surface area contributed by atoms with Crippen molar-refractivity contribution in [1.29, 1.82) is 0 Å². The SMILES string of the molecule is c1ccc2cc(-c3c4ccccc4c(-c4ccc(-c5c6sc7cc8ccccc8cc7c6cc6sc7ccccc7c56)cc4)c4ccccc34)ccc2c1. The van der Waals surface area contributed by atoms with E-state index < -0.39 is 0 Å². The Morgan fingerprint density at radius 1 is 0.259 bits per heavy atom. The second-order valence-electron chi connectivity index (χ2n) is 14.4. The van der Waals surface area contributed by atoms with Gasteiger partial charge in [-0.2, -0.15) is 0 Å². The summed E-state index contributed by atoms with van der Waals surface area (Å²) in [6, 6.07) is 67.8. The Labute approximate surface area is 319 Å². The molecule has 10 aromatic carbocycles. The van der Waals surface area contributed by atoms with E-state index in [-0.39, 0.29) is 0 Å². The van der Waals surface area contributed by atoms with E-state index in [2.05, 4.69) is 182 Å². The van der Waals surface area contributed by atoms with Crippen LogP contribution in [0.15, 0.2) is 182 Å². The monoisotopic (exact) mass is 718 g/mol. The van der Waals surface area contributed by atoms with Gasteiger partial charge in [-0.25, -0.2) is 0 Å². The molecule has 0 atom stereocenters. The van der Waals surface area contributed by atoms with Gasteiger partial charge in [-0.1, -0.05) is 152 Å². The second-order valence-corrected chi connectivity index (χ2v) is 16.5. The summed E-state index contributed by atoms with van der Waals surface area (Å²) in [6.45, 7) is 0. The summed E-state index contributed by atoms with van der Waals surface area (Å²) in [6.07, 6.45) is 0. The van der Waals surface area contributed by atoms with Crippen LogP contribution in [-0.4, -0.2) is 0 Å². The van der Waals surface area contributed by atoms with Crippen molar-refractivity contribution in [2.24, 2.45) is 0 Å². The average molecular weight is 719 g/mol. The summed E-state index contributed by atoms with van der Waals surface area (Å²) in [5.74, 6) is 0. The molecule has 0 bridgehead atoms. The molecule has 0 aliphatic carbocycles. The van der Waals surface area contributed by atoms with E-state index in [4.69, 9.17) is 0 Å². The van der Waals surface area contributed by atoms with Gasteiger partial charge in [0.1, 0.15) is 0 Å². The van der Waals surface area contributed by atoms with Crippen molar-refractivity contribution < 1.29 is 0 Å². The molecule has 0 unspecified atom stereocenters. The normalized spacial score (nSPS) is 12.1. The smallest absolute Gasteiger partial charge is 0.0441 e. The molecule has 0 radical (unpaired) electrons. The van der Waals surface area contributed by atoms with E-state index >= 15 is 0 Å². The number of benzene rings is 10. The summed E-state index contributed by atoms with van der Waals surface area (Å²) in [7, 11) is 0. The predicted molar refractivity (Wildman–Crippen MR) is 239 cm³/mol. The molecule has 0 aliphatic rings. The quantitative estimate of drug-likeness (QED) is 0.160. The first kappa shape index (κ1) is 30.2. The topological polar surface area (TPSA) is 0 Å². The molecule has 0 saturated heterocycles. The molecule has 0 fully saturated rings. The minimum atomic E-state index is 1.23. The molecule has 0 nitrogen and oxygen atoms in total. The zero-order valence-corrected chi connectivity index (χ0v) is 30.8. The molecule has 12 aromatic rings. The number of rotatable bonds is 3. The van der Waals surface area contributed by atoms with Gasteiger partial charge in [0.25, 0.3) is 0 Å². The molecule has 12 rings (SSSR count). The Bertz CT molecular complexity index is 3430. The van der Waals surface area contributed by atoms with Crippen molar-refractivity contribution in [2.45, 2.75) is 0 Å². The van der Waals surface area contributed by atoms with Gasteiger partial charge in [0, 0.05) is 45.9 Å². The van der Waals surface area contributed by atoms with Crippen molar-refractivity contribution in [3.63, 3.8) is 0 Å². The number of fused-ring (bicyclic) bond motifs is 10. The predicted octanol–water partition coefficient (Wildman–Crippen LogP) is 16.0. The zero-order chi connectivity index (χ0) is 35.3. The largest absolute Gasteiger partial charge is 0.135 e. The van der Waals surface area contributed by atoms with E-state index in [1.54, 1.807) is 0 Å². The van der Waals surface area contributed by atoms with Crippen LogP contribution in [0.25, 0.3) is 117 Å². The maximum absolute atomic E-state index is 2.45. The van der Waals surface area contributed by atoms with Crippen LogP contribution >= 0.6 is 22.7 Å². The molecule has 0 saturated carbocycles. The maximum atomic E-state index is 2.45. The van der Waals surface area contributed by atoms with Gasteiger partial charge in [0.2, 0.25) is 0 Å². The third-order valence-corrected chi connectivity index (χ3v) is 13.7. The van der Waals surface area contributed by atoms with Crippen LogP contribution < -0.4 is 0 Å². The molecule has 2 aromatic heterocycles. The molecule has 0 aliphatic heterocycles. The fraction of sp³-hybridized carbons (Fsp3) is 0. The summed E-state index contributed by atoms with van der Waals surface area (Å²) in [4.78, 5) is 0. The highest BCUT2D eigenvalue weighted by atomic mass is 32.1. The maximum Gasteiger partial charge on any atom is 0.0441 e. The van der Waals surface area contributed by atoms with Gasteiger partial charge in [0.15, 0.2) is 0 Å². The van der Waals surface area contributed by atoms with Gasteiger partial charge in [-0.3, -0.25) is 0 Å². The Hall–Kier alpha value is -6.32. The first-order valence-corrected chi connectivity index (χ1v) is 20.1. The lowest BCUT2D eigenvalue weighted by molar-refractivity contribution is 1.66. The molecule has 2 heteroatoms. The molecule has 0 spiro atoms. The Kier molecular flexibility index (Phi) is 6.48. The lowest BCUT2D eigenvalue weighted by Gasteiger charge is -2.18. The van der Waals surface area contributed by atoms with E-state index in [1.807, 2.05) is 22.7 Å². The number of hydrogen-bond acceptors (Lipinski definition) is 2. The Balaban J connectivity index is 1.10. The molecular weight excluding hydrogens is 689 g/mol. The minimum Gasteiger partial charge on any atom is -0.135 e. The highest BCUT2D eigenvalue weighted by molar-refractivity contribution is 7.28. The summed E-state index contributed by atoms with van der Waals surface area (Å²) < 4.78 is 5.38. The van der Waals surface area contributed by atoms with Gasteiger partial charge in [0.05, 0.1) is 0 Å². The zero-order valence-electron chi connectivity index (χ0n) is 29.1. The standard InChI is InChI=1S/C52H30S2/c1-2-12-34-27-37(26-21-31(34)11-1)49-40-17-7-5-15-38(40)48(39-16-6-8-18-41(39)49)32-22-24-33(25-23-32)50-51-42-19-9-10-20-45(42)53-47(51)30-44-43-28-35-13-3-4-14-36(35)29-46(43)54-52(44)50/h1-30H.